The highest BCUT2D eigenvalue weighted by atomic mass is 32.2. The van der Waals surface area contributed by atoms with Crippen LogP contribution in [0.5, 0.6) is 0 Å². The molecule has 0 spiro atoms. The number of thioether (sulfide) groups is 1. The molecule has 1 aromatic rings. The minimum atomic E-state index is -0.474. The Hall–Kier alpha value is -0.510. The minimum Gasteiger partial charge on any atom is -0.387 e. The van der Waals surface area contributed by atoms with Crippen molar-refractivity contribution in [1.29, 1.82) is 0 Å². The van der Waals surface area contributed by atoms with Crippen molar-refractivity contribution in [1.82, 2.24) is 5.32 Å². The first-order valence-corrected chi connectivity index (χ1v) is 8.43. The average Bonchev–Trinajstić information content (AvgIpc) is 2.84. The summed E-state index contributed by atoms with van der Waals surface area (Å²) < 4.78 is 0. The molecular weight excluding hydrogens is 254 g/mol. The lowest BCUT2D eigenvalue weighted by Crippen LogP contribution is -2.56. The van der Waals surface area contributed by atoms with Crippen LogP contribution in [0, 0.1) is 0 Å². The summed E-state index contributed by atoms with van der Waals surface area (Å²) >= 11 is 1.90. The number of hydrogen-bond acceptors (Lipinski definition) is 3. The maximum absolute atomic E-state index is 10.6. The molecule has 2 aliphatic carbocycles. The van der Waals surface area contributed by atoms with Gasteiger partial charge < -0.3 is 10.4 Å². The molecule has 1 fully saturated rings. The lowest BCUT2D eigenvalue weighted by molar-refractivity contribution is -0.0253. The van der Waals surface area contributed by atoms with Crippen LogP contribution in [0.25, 0.3) is 0 Å². The first kappa shape index (κ1) is 13.5. The molecule has 3 rings (SSSR count). The van der Waals surface area contributed by atoms with Crippen LogP contribution in [-0.4, -0.2) is 28.3 Å². The van der Waals surface area contributed by atoms with E-state index in [1.165, 1.54) is 24.0 Å². The fourth-order valence-corrected chi connectivity index (χ4v) is 4.50. The zero-order valence-corrected chi connectivity index (χ0v) is 12.4. The van der Waals surface area contributed by atoms with Gasteiger partial charge in [-0.3, -0.25) is 0 Å². The third kappa shape index (κ3) is 2.56. The van der Waals surface area contributed by atoms with E-state index >= 15 is 0 Å². The van der Waals surface area contributed by atoms with Gasteiger partial charge in [-0.2, -0.15) is 11.8 Å². The fraction of sp³-hybridized carbons (Fsp3) is 0.625. The van der Waals surface area contributed by atoms with Crippen LogP contribution in [0.15, 0.2) is 24.3 Å². The zero-order chi connectivity index (χ0) is 13.3. The third-order valence-corrected chi connectivity index (χ3v) is 6.00. The molecule has 0 radical (unpaired) electrons. The quantitative estimate of drug-likeness (QED) is 0.868. The van der Waals surface area contributed by atoms with Crippen molar-refractivity contribution in [2.45, 2.75) is 49.5 Å². The molecule has 0 heterocycles. The van der Waals surface area contributed by atoms with Gasteiger partial charge in [0.1, 0.15) is 0 Å². The molecule has 104 valence electrons. The van der Waals surface area contributed by atoms with Crippen LogP contribution in [0.1, 0.15) is 43.4 Å². The fourth-order valence-electron chi connectivity index (χ4n) is 3.31. The number of benzene rings is 1. The van der Waals surface area contributed by atoms with Crippen molar-refractivity contribution in [3.63, 3.8) is 0 Å². The summed E-state index contributed by atoms with van der Waals surface area (Å²) in [5.74, 6) is 1.10. The second kappa shape index (κ2) is 5.47. The molecule has 0 saturated heterocycles. The molecular formula is C16H23NOS. The van der Waals surface area contributed by atoms with Gasteiger partial charge in [0.25, 0.3) is 0 Å². The van der Waals surface area contributed by atoms with E-state index in [0.29, 0.717) is 11.3 Å². The van der Waals surface area contributed by atoms with Crippen molar-refractivity contribution >= 4 is 11.8 Å². The van der Waals surface area contributed by atoms with Crippen LogP contribution >= 0.6 is 11.8 Å². The molecule has 1 saturated carbocycles. The molecule has 1 aromatic carbocycles. The summed E-state index contributed by atoms with van der Waals surface area (Å²) in [7, 11) is 0. The second-order valence-electron chi connectivity index (χ2n) is 5.76. The van der Waals surface area contributed by atoms with E-state index in [9.17, 15) is 5.11 Å². The Morgan fingerprint density at radius 3 is 2.95 bits per heavy atom. The van der Waals surface area contributed by atoms with Crippen LogP contribution in [0.4, 0.5) is 0 Å². The molecule has 3 atom stereocenters. The molecule has 2 N–H and O–H groups in total. The predicted octanol–water partition coefficient (Wildman–Crippen LogP) is 2.91. The molecule has 0 aromatic heterocycles. The van der Waals surface area contributed by atoms with E-state index in [0.717, 1.165) is 25.1 Å². The van der Waals surface area contributed by atoms with E-state index in [2.05, 4.69) is 36.5 Å². The van der Waals surface area contributed by atoms with Gasteiger partial charge in [-0.15, -0.1) is 0 Å². The zero-order valence-electron chi connectivity index (χ0n) is 11.6. The van der Waals surface area contributed by atoms with E-state index in [1.54, 1.807) is 0 Å². The van der Waals surface area contributed by atoms with E-state index in [4.69, 9.17) is 0 Å². The highest BCUT2D eigenvalue weighted by Crippen LogP contribution is 2.41. The summed E-state index contributed by atoms with van der Waals surface area (Å²) in [6.45, 7) is 2.91. The van der Waals surface area contributed by atoms with Crippen molar-refractivity contribution in [3.8, 4) is 0 Å². The Morgan fingerprint density at radius 2 is 2.21 bits per heavy atom. The lowest BCUT2D eigenvalue weighted by atomic mass is 9.79. The topological polar surface area (TPSA) is 32.3 Å². The van der Waals surface area contributed by atoms with Gasteiger partial charge in [0.05, 0.1) is 5.60 Å². The highest BCUT2D eigenvalue weighted by Gasteiger charge is 2.45. The molecule has 0 unspecified atom stereocenters. The van der Waals surface area contributed by atoms with Gasteiger partial charge in [0.15, 0.2) is 0 Å². The van der Waals surface area contributed by atoms with Gasteiger partial charge >= 0.3 is 0 Å². The number of hydrogen-bond donors (Lipinski definition) is 2. The van der Waals surface area contributed by atoms with Gasteiger partial charge in [0.2, 0.25) is 0 Å². The molecule has 0 aliphatic heterocycles. The summed E-state index contributed by atoms with van der Waals surface area (Å²) in [5.41, 5.74) is 2.43. The Morgan fingerprint density at radius 1 is 1.37 bits per heavy atom. The standard InChI is InChI=1S/C16H23NOS/c1-2-19-15-9-10-16(15,18)11-17-14-8-7-12-5-3-4-6-13(12)14/h3-6,14-15,17-18H,2,7-11H2,1H3/t14-,15+,16+/m0/s1. The van der Waals surface area contributed by atoms with E-state index < -0.39 is 5.60 Å². The highest BCUT2D eigenvalue weighted by molar-refractivity contribution is 8.00. The summed E-state index contributed by atoms with van der Waals surface area (Å²) in [5, 5.41) is 14.7. The Labute approximate surface area is 120 Å². The normalized spacial score (nSPS) is 32.9. The lowest BCUT2D eigenvalue weighted by Gasteiger charge is -2.45. The van der Waals surface area contributed by atoms with Gasteiger partial charge in [-0.05, 0) is 42.6 Å². The molecule has 2 nitrogen and oxygen atoms in total. The number of fused-ring (bicyclic) bond motifs is 1. The molecule has 0 bridgehead atoms. The van der Waals surface area contributed by atoms with Crippen LogP contribution in [0.2, 0.25) is 0 Å². The van der Waals surface area contributed by atoms with Crippen molar-refractivity contribution in [2.24, 2.45) is 0 Å². The largest absolute Gasteiger partial charge is 0.387 e. The van der Waals surface area contributed by atoms with Crippen molar-refractivity contribution in [2.75, 3.05) is 12.3 Å². The van der Waals surface area contributed by atoms with Gasteiger partial charge in [-0.25, -0.2) is 0 Å². The smallest absolute Gasteiger partial charge is 0.0890 e. The van der Waals surface area contributed by atoms with Gasteiger partial charge in [0, 0.05) is 17.8 Å². The first-order valence-electron chi connectivity index (χ1n) is 7.38. The van der Waals surface area contributed by atoms with Crippen LogP contribution in [-0.2, 0) is 6.42 Å². The Kier molecular flexibility index (Phi) is 3.88. The second-order valence-corrected chi connectivity index (χ2v) is 7.24. The molecule has 0 amide bonds. The molecule has 19 heavy (non-hydrogen) atoms. The maximum Gasteiger partial charge on any atom is 0.0890 e. The molecule has 3 heteroatoms. The van der Waals surface area contributed by atoms with Crippen molar-refractivity contribution in [3.05, 3.63) is 35.4 Å². The number of rotatable bonds is 5. The monoisotopic (exact) mass is 277 g/mol. The SMILES string of the molecule is CCS[C@@H]1CC[C@@]1(O)CN[C@H]1CCc2ccccc21. The minimum absolute atomic E-state index is 0.432. The third-order valence-electron chi connectivity index (χ3n) is 4.59. The maximum atomic E-state index is 10.6. The summed E-state index contributed by atoms with van der Waals surface area (Å²) in [6, 6.07) is 9.13. The number of nitrogens with one attached hydrogen (secondary N) is 1. The van der Waals surface area contributed by atoms with Crippen LogP contribution < -0.4 is 5.32 Å². The first-order chi connectivity index (χ1) is 9.23. The van der Waals surface area contributed by atoms with Gasteiger partial charge in [-0.1, -0.05) is 31.2 Å². The Bertz CT molecular complexity index is 450. The van der Waals surface area contributed by atoms with Crippen LogP contribution in [0.3, 0.4) is 0 Å². The van der Waals surface area contributed by atoms with Crippen molar-refractivity contribution < 1.29 is 5.11 Å². The summed E-state index contributed by atoms with van der Waals surface area (Å²) in [6.07, 6.45) is 4.45. The Balaban J connectivity index is 1.59. The van der Waals surface area contributed by atoms with E-state index in [1.807, 2.05) is 11.8 Å². The predicted molar refractivity (Wildman–Crippen MR) is 81.6 cm³/mol. The average molecular weight is 277 g/mol. The van der Waals surface area contributed by atoms with E-state index in [-0.39, 0.29) is 0 Å². The molecule has 2 aliphatic rings. The number of aryl methyl sites for hydroxylation is 1. The summed E-state index contributed by atoms with van der Waals surface area (Å²) in [4.78, 5) is 0. The number of aliphatic hydroxyl groups is 1.